The van der Waals surface area contributed by atoms with E-state index < -0.39 is 11.7 Å². The Morgan fingerprint density at radius 2 is 1.76 bits per heavy atom. The van der Waals surface area contributed by atoms with Gasteiger partial charge in [0.2, 0.25) is 0 Å². The van der Waals surface area contributed by atoms with E-state index in [0.717, 1.165) is 17.3 Å². The lowest BCUT2D eigenvalue weighted by molar-refractivity contribution is 0.102. The molecule has 5 nitrogen and oxygen atoms in total. The van der Waals surface area contributed by atoms with Crippen LogP contribution in [0, 0.1) is 12.7 Å². The molecule has 0 bridgehead atoms. The lowest BCUT2D eigenvalue weighted by Crippen LogP contribution is -2.13. The zero-order valence-corrected chi connectivity index (χ0v) is 14.0. The van der Waals surface area contributed by atoms with Crippen LogP contribution < -0.4 is 10.6 Å². The molecule has 0 aliphatic heterocycles. The van der Waals surface area contributed by atoms with E-state index in [-0.39, 0.29) is 11.4 Å². The third-order valence-corrected chi connectivity index (χ3v) is 3.93. The molecule has 2 N–H and O–H groups in total. The minimum Gasteiger partial charge on any atom is -0.338 e. The summed E-state index contributed by atoms with van der Waals surface area (Å²) in [6.07, 6.45) is 0. The van der Waals surface area contributed by atoms with Crippen LogP contribution in [0.15, 0.2) is 54.6 Å². The molecule has 0 fully saturated rings. The van der Waals surface area contributed by atoms with Crippen molar-refractivity contribution in [2.24, 2.45) is 0 Å². The van der Waals surface area contributed by atoms with Crippen LogP contribution in [-0.4, -0.2) is 16.1 Å². The molecule has 7 heteroatoms. The number of hydrogen-bond acceptors (Lipinski definition) is 4. The van der Waals surface area contributed by atoms with Crippen molar-refractivity contribution >= 4 is 34.8 Å². The minimum atomic E-state index is -0.477. The first kappa shape index (κ1) is 16.9. The lowest BCUT2D eigenvalue weighted by Gasteiger charge is -2.10. The summed E-state index contributed by atoms with van der Waals surface area (Å²) >= 11 is 6.08. The fourth-order valence-electron chi connectivity index (χ4n) is 2.16. The van der Waals surface area contributed by atoms with Crippen molar-refractivity contribution in [2.45, 2.75) is 6.92 Å². The van der Waals surface area contributed by atoms with Gasteiger partial charge in [-0.1, -0.05) is 23.7 Å². The smallest absolute Gasteiger partial charge is 0.256 e. The molecule has 3 aromatic rings. The van der Waals surface area contributed by atoms with Crippen LogP contribution in [0.1, 0.15) is 15.9 Å². The molecular formula is C18H14ClFN4O. The minimum absolute atomic E-state index is 0.207. The molecule has 0 unspecified atom stereocenters. The molecule has 0 spiro atoms. The lowest BCUT2D eigenvalue weighted by atomic mass is 10.2. The van der Waals surface area contributed by atoms with Crippen molar-refractivity contribution in [3.63, 3.8) is 0 Å². The van der Waals surface area contributed by atoms with Crippen LogP contribution in [0.2, 0.25) is 5.02 Å². The van der Waals surface area contributed by atoms with Crippen LogP contribution in [-0.2, 0) is 0 Å². The Morgan fingerprint density at radius 3 is 2.48 bits per heavy atom. The molecule has 25 heavy (non-hydrogen) atoms. The van der Waals surface area contributed by atoms with Crippen molar-refractivity contribution in [3.8, 4) is 0 Å². The number of amides is 1. The van der Waals surface area contributed by atoms with Gasteiger partial charge in [0.15, 0.2) is 11.6 Å². The van der Waals surface area contributed by atoms with E-state index in [1.54, 1.807) is 18.2 Å². The van der Waals surface area contributed by atoms with Crippen molar-refractivity contribution in [1.29, 1.82) is 0 Å². The van der Waals surface area contributed by atoms with Gasteiger partial charge in [-0.25, -0.2) is 4.39 Å². The topological polar surface area (TPSA) is 66.9 Å². The highest BCUT2D eigenvalue weighted by atomic mass is 35.5. The first-order chi connectivity index (χ1) is 12.0. The van der Waals surface area contributed by atoms with Gasteiger partial charge in [0, 0.05) is 16.3 Å². The first-order valence-electron chi connectivity index (χ1n) is 7.46. The van der Waals surface area contributed by atoms with Gasteiger partial charge in [0.05, 0.1) is 0 Å². The second-order valence-electron chi connectivity index (χ2n) is 5.31. The highest BCUT2D eigenvalue weighted by Gasteiger charge is 2.09. The second kappa shape index (κ2) is 7.27. The first-order valence-corrected chi connectivity index (χ1v) is 7.83. The maximum Gasteiger partial charge on any atom is 0.256 e. The molecule has 0 atom stereocenters. The molecule has 1 aromatic heterocycles. The average Bonchev–Trinajstić information content (AvgIpc) is 2.60. The van der Waals surface area contributed by atoms with Crippen LogP contribution >= 0.6 is 11.6 Å². The van der Waals surface area contributed by atoms with Crippen molar-refractivity contribution < 1.29 is 9.18 Å². The monoisotopic (exact) mass is 356 g/mol. The largest absolute Gasteiger partial charge is 0.338 e. The number of carbonyl (C=O) groups is 1. The van der Waals surface area contributed by atoms with Crippen LogP contribution in [0.3, 0.4) is 0 Å². The summed E-state index contributed by atoms with van der Waals surface area (Å²) in [5, 5.41) is 14.3. The highest BCUT2D eigenvalue weighted by molar-refractivity contribution is 6.31. The summed E-state index contributed by atoms with van der Waals surface area (Å²) in [6.45, 7) is 1.89. The van der Waals surface area contributed by atoms with Crippen molar-refractivity contribution in [2.75, 3.05) is 10.6 Å². The van der Waals surface area contributed by atoms with Crippen LogP contribution in [0.25, 0.3) is 0 Å². The average molecular weight is 357 g/mol. The third kappa shape index (κ3) is 4.10. The number of anilines is 3. The van der Waals surface area contributed by atoms with E-state index >= 15 is 0 Å². The Morgan fingerprint density at radius 1 is 1.04 bits per heavy atom. The molecule has 1 heterocycles. The summed E-state index contributed by atoms with van der Waals surface area (Å²) < 4.78 is 13.2. The fraction of sp³-hybridized carbons (Fsp3) is 0.0556. The Balaban J connectivity index is 1.70. The van der Waals surface area contributed by atoms with Crippen molar-refractivity contribution in [1.82, 2.24) is 10.2 Å². The number of nitrogens with zero attached hydrogens (tertiary/aromatic N) is 2. The van der Waals surface area contributed by atoms with E-state index in [4.69, 9.17) is 11.6 Å². The normalized spacial score (nSPS) is 10.4. The Bertz CT molecular complexity index is 915. The third-order valence-electron chi connectivity index (χ3n) is 3.52. The van der Waals surface area contributed by atoms with Gasteiger partial charge in [-0.3, -0.25) is 4.79 Å². The summed E-state index contributed by atoms with van der Waals surface area (Å²) in [6, 6.07) is 14.2. The van der Waals surface area contributed by atoms with Gasteiger partial charge >= 0.3 is 0 Å². The Kier molecular flexibility index (Phi) is 4.90. The standard InChI is InChI=1S/C18H14ClFN4O/c1-11-14(19)6-3-7-15(11)21-16-8-9-17(24-23-16)22-18(25)12-4-2-5-13(20)10-12/h2-10H,1H3,(H,21,23)(H,22,24,25). The van der Waals surface area contributed by atoms with Crippen molar-refractivity contribution in [3.05, 3.63) is 76.6 Å². The fourth-order valence-corrected chi connectivity index (χ4v) is 2.34. The highest BCUT2D eigenvalue weighted by Crippen LogP contribution is 2.25. The molecule has 0 aliphatic rings. The van der Waals surface area contributed by atoms with Gasteiger partial charge in [0.25, 0.3) is 5.91 Å². The maximum absolute atomic E-state index is 13.2. The second-order valence-corrected chi connectivity index (χ2v) is 5.71. The van der Waals surface area contributed by atoms with Crippen LogP contribution in [0.4, 0.5) is 21.7 Å². The van der Waals surface area contributed by atoms with E-state index in [1.165, 1.54) is 18.2 Å². The zero-order chi connectivity index (χ0) is 17.8. The predicted molar refractivity (Wildman–Crippen MR) is 95.9 cm³/mol. The Labute approximate surface area is 148 Å². The van der Waals surface area contributed by atoms with Gasteiger partial charge < -0.3 is 10.6 Å². The Hall–Kier alpha value is -2.99. The summed E-state index contributed by atoms with van der Waals surface area (Å²) in [5.74, 6) is -0.160. The number of benzene rings is 2. The van der Waals surface area contributed by atoms with E-state index in [1.807, 2.05) is 19.1 Å². The number of hydrogen-bond donors (Lipinski definition) is 2. The zero-order valence-electron chi connectivity index (χ0n) is 13.3. The molecule has 3 rings (SSSR count). The predicted octanol–water partition coefficient (Wildman–Crippen LogP) is 4.57. The number of aromatic nitrogens is 2. The quantitative estimate of drug-likeness (QED) is 0.718. The summed E-state index contributed by atoms with van der Waals surface area (Å²) in [5.41, 5.74) is 1.92. The van der Waals surface area contributed by atoms with E-state index in [9.17, 15) is 9.18 Å². The van der Waals surface area contributed by atoms with Crippen LogP contribution in [0.5, 0.6) is 0 Å². The molecule has 0 aliphatic carbocycles. The number of halogens is 2. The SMILES string of the molecule is Cc1c(Cl)cccc1Nc1ccc(NC(=O)c2cccc(F)c2)nn1. The molecule has 0 radical (unpaired) electrons. The van der Waals surface area contributed by atoms with Gasteiger partial charge in [-0.05, 0) is 55.0 Å². The molecule has 2 aromatic carbocycles. The number of carbonyl (C=O) groups excluding carboxylic acids is 1. The molecule has 1 amide bonds. The van der Waals surface area contributed by atoms with E-state index in [2.05, 4.69) is 20.8 Å². The molecule has 0 saturated carbocycles. The number of nitrogens with one attached hydrogen (secondary N) is 2. The van der Waals surface area contributed by atoms with Gasteiger partial charge in [-0.15, -0.1) is 10.2 Å². The van der Waals surface area contributed by atoms with Gasteiger partial charge in [-0.2, -0.15) is 0 Å². The molecular weight excluding hydrogens is 343 g/mol. The number of rotatable bonds is 4. The summed E-state index contributed by atoms with van der Waals surface area (Å²) in [4.78, 5) is 12.0. The summed E-state index contributed by atoms with van der Waals surface area (Å²) in [7, 11) is 0. The molecule has 0 saturated heterocycles. The van der Waals surface area contributed by atoms with E-state index in [0.29, 0.717) is 10.8 Å². The molecule has 126 valence electrons. The van der Waals surface area contributed by atoms with Gasteiger partial charge in [0.1, 0.15) is 5.82 Å². The maximum atomic E-state index is 13.2.